The van der Waals surface area contributed by atoms with Crippen LogP contribution in [0.5, 0.6) is 0 Å². The fourth-order valence-corrected chi connectivity index (χ4v) is 1.76. The van der Waals surface area contributed by atoms with Crippen LogP contribution in [0.1, 0.15) is 46.5 Å². The first-order chi connectivity index (χ1) is 5.69. The molecule has 2 unspecified atom stereocenters. The zero-order valence-electron chi connectivity index (χ0n) is 8.82. The molecular formula is C11H23N. The fraction of sp³-hybridized carbons (Fsp3) is 1.00. The molecular weight excluding hydrogens is 146 g/mol. The average molecular weight is 169 g/mol. The van der Waals surface area contributed by atoms with Gasteiger partial charge in [-0.25, -0.2) is 0 Å². The molecule has 0 aromatic rings. The third-order valence-corrected chi connectivity index (χ3v) is 3.29. The Labute approximate surface area is 76.9 Å². The Morgan fingerprint density at radius 3 is 2.58 bits per heavy atom. The first-order valence-corrected chi connectivity index (χ1v) is 5.40. The number of hydrogen-bond donors (Lipinski definition) is 1. The summed E-state index contributed by atoms with van der Waals surface area (Å²) in [6.07, 6.45) is 5.48. The van der Waals surface area contributed by atoms with E-state index in [1.807, 2.05) is 0 Å². The summed E-state index contributed by atoms with van der Waals surface area (Å²) < 4.78 is 0. The van der Waals surface area contributed by atoms with Crippen LogP contribution in [-0.2, 0) is 0 Å². The van der Waals surface area contributed by atoms with Crippen molar-refractivity contribution in [2.24, 2.45) is 11.3 Å². The van der Waals surface area contributed by atoms with E-state index >= 15 is 0 Å². The molecule has 0 spiro atoms. The van der Waals surface area contributed by atoms with E-state index in [4.69, 9.17) is 0 Å². The average Bonchev–Trinajstić information content (AvgIpc) is 2.60. The van der Waals surface area contributed by atoms with Gasteiger partial charge in [-0.3, -0.25) is 0 Å². The van der Waals surface area contributed by atoms with Crippen molar-refractivity contribution in [3.05, 3.63) is 0 Å². The van der Waals surface area contributed by atoms with E-state index in [0.29, 0.717) is 5.41 Å². The van der Waals surface area contributed by atoms with Crippen molar-refractivity contribution >= 4 is 0 Å². The highest BCUT2D eigenvalue weighted by atomic mass is 14.9. The maximum absolute atomic E-state index is 3.55. The Kier molecular flexibility index (Phi) is 3.57. The van der Waals surface area contributed by atoms with Crippen LogP contribution in [-0.4, -0.2) is 13.1 Å². The van der Waals surface area contributed by atoms with Crippen LogP contribution in [0, 0.1) is 11.3 Å². The van der Waals surface area contributed by atoms with Gasteiger partial charge in [0.15, 0.2) is 0 Å². The number of nitrogens with one attached hydrogen (secondary N) is 1. The summed E-state index contributed by atoms with van der Waals surface area (Å²) in [5.74, 6) is 0.955. The maximum Gasteiger partial charge on any atom is 0.000782 e. The van der Waals surface area contributed by atoms with Gasteiger partial charge in [-0.05, 0) is 30.7 Å². The first kappa shape index (κ1) is 10.0. The largest absolute Gasteiger partial charge is 0.316 e. The molecule has 1 aliphatic rings. The minimum Gasteiger partial charge on any atom is -0.316 e. The Morgan fingerprint density at radius 2 is 2.08 bits per heavy atom. The van der Waals surface area contributed by atoms with Crippen LogP contribution in [0.4, 0.5) is 0 Å². The number of rotatable bonds is 6. The lowest BCUT2D eigenvalue weighted by Crippen LogP contribution is -2.24. The minimum absolute atomic E-state index is 0.645. The van der Waals surface area contributed by atoms with Gasteiger partial charge in [0, 0.05) is 6.54 Å². The minimum atomic E-state index is 0.645. The van der Waals surface area contributed by atoms with Crippen LogP contribution in [0.3, 0.4) is 0 Å². The van der Waals surface area contributed by atoms with Crippen LogP contribution in [0.15, 0.2) is 0 Å². The molecule has 12 heavy (non-hydrogen) atoms. The second-order valence-corrected chi connectivity index (χ2v) is 4.64. The van der Waals surface area contributed by atoms with Gasteiger partial charge in [0.2, 0.25) is 0 Å². The molecule has 0 aliphatic heterocycles. The van der Waals surface area contributed by atoms with Gasteiger partial charge >= 0.3 is 0 Å². The summed E-state index contributed by atoms with van der Waals surface area (Å²) in [4.78, 5) is 0. The van der Waals surface area contributed by atoms with Gasteiger partial charge in [-0.1, -0.05) is 33.6 Å². The van der Waals surface area contributed by atoms with Crippen molar-refractivity contribution in [2.75, 3.05) is 13.1 Å². The van der Waals surface area contributed by atoms with Crippen LogP contribution >= 0.6 is 0 Å². The number of unbranched alkanes of at least 4 members (excludes halogenated alkanes) is 2. The lowest BCUT2D eigenvalue weighted by molar-refractivity contribution is 0.459. The Bertz CT molecular complexity index is 133. The van der Waals surface area contributed by atoms with E-state index in [1.54, 1.807) is 0 Å². The van der Waals surface area contributed by atoms with Crippen LogP contribution < -0.4 is 5.32 Å². The van der Waals surface area contributed by atoms with Gasteiger partial charge in [0.05, 0.1) is 0 Å². The van der Waals surface area contributed by atoms with Gasteiger partial charge in [0.1, 0.15) is 0 Å². The summed E-state index contributed by atoms with van der Waals surface area (Å²) in [5.41, 5.74) is 0.645. The highest BCUT2D eigenvalue weighted by molar-refractivity contribution is 4.97. The van der Waals surface area contributed by atoms with Crippen molar-refractivity contribution in [2.45, 2.75) is 46.5 Å². The predicted octanol–water partition coefficient (Wildman–Crippen LogP) is 2.81. The van der Waals surface area contributed by atoms with Crippen molar-refractivity contribution in [1.82, 2.24) is 5.32 Å². The van der Waals surface area contributed by atoms with Crippen molar-refractivity contribution in [3.63, 3.8) is 0 Å². The maximum atomic E-state index is 3.55. The van der Waals surface area contributed by atoms with Gasteiger partial charge in [-0.2, -0.15) is 0 Å². The second kappa shape index (κ2) is 4.27. The fourth-order valence-electron chi connectivity index (χ4n) is 1.76. The molecule has 1 heteroatoms. The van der Waals surface area contributed by atoms with E-state index < -0.39 is 0 Å². The van der Waals surface area contributed by atoms with Gasteiger partial charge in [-0.15, -0.1) is 0 Å². The van der Waals surface area contributed by atoms with Crippen molar-refractivity contribution < 1.29 is 0 Å². The van der Waals surface area contributed by atoms with E-state index in [0.717, 1.165) is 5.92 Å². The number of hydrogen-bond acceptors (Lipinski definition) is 1. The molecule has 0 bridgehead atoms. The Morgan fingerprint density at radius 1 is 1.42 bits per heavy atom. The molecule has 72 valence electrons. The van der Waals surface area contributed by atoms with Gasteiger partial charge < -0.3 is 5.32 Å². The molecule has 2 atom stereocenters. The molecule has 0 heterocycles. The Balaban J connectivity index is 1.90. The topological polar surface area (TPSA) is 12.0 Å². The molecule has 1 fully saturated rings. The quantitative estimate of drug-likeness (QED) is 0.603. The molecule has 0 amide bonds. The third kappa shape index (κ3) is 2.78. The monoisotopic (exact) mass is 169 g/mol. The molecule has 0 radical (unpaired) electrons. The van der Waals surface area contributed by atoms with Crippen molar-refractivity contribution in [3.8, 4) is 0 Å². The lowest BCUT2D eigenvalue weighted by atomic mass is 10.1. The van der Waals surface area contributed by atoms with Crippen molar-refractivity contribution in [1.29, 1.82) is 0 Å². The molecule has 0 aromatic heterocycles. The zero-order valence-corrected chi connectivity index (χ0v) is 8.82. The summed E-state index contributed by atoms with van der Waals surface area (Å²) in [5, 5.41) is 3.55. The summed E-state index contributed by atoms with van der Waals surface area (Å²) in [6, 6.07) is 0. The van der Waals surface area contributed by atoms with E-state index in [-0.39, 0.29) is 0 Å². The molecule has 1 saturated carbocycles. The lowest BCUT2D eigenvalue weighted by Gasteiger charge is -2.10. The Hall–Kier alpha value is -0.0400. The molecule has 1 nitrogen and oxygen atoms in total. The van der Waals surface area contributed by atoms with Gasteiger partial charge in [0.25, 0.3) is 0 Å². The molecule has 1 rings (SSSR count). The normalized spacial score (nSPS) is 33.8. The standard InChI is InChI=1S/C11H23N/c1-4-5-6-7-12-9-11(3)8-10(11)2/h10,12H,4-9H2,1-3H3. The predicted molar refractivity (Wildman–Crippen MR) is 54.3 cm³/mol. The summed E-state index contributed by atoms with van der Waals surface area (Å²) in [7, 11) is 0. The highest BCUT2D eigenvalue weighted by Gasteiger charge is 2.45. The zero-order chi connectivity index (χ0) is 9.03. The second-order valence-electron chi connectivity index (χ2n) is 4.64. The highest BCUT2D eigenvalue weighted by Crippen LogP contribution is 2.50. The first-order valence-electron chi connectivity index (χ1n) is 5.40. The summed E-state index contributed by atoms with van der Waals surface area (Å²) >= 11 is 0. The van der Waals surface area contributed by atoms with Crippen LogP contribution in [0.2, 0.25) is 0 Å². The smallest absolute Gasteiger partial charge is 0.000782 e. The third-order valence-electron chi connectivity index (χ3n) is 3.29. The molecule has 1 N–H and O–H groups in total. The van der Waals surface area contributed by atoms with E-state index in [1.165, 1.54) is 38.8 Å². The van der Waals surface area contributed by atoms with E-state index in [2.05, 4.69) is 26.1 Å². The molecule has 0 aromatic carbocycles. The van der Waals surface area contributed by atoms with Crippen LogP contribution in [0.25, 0.3) is 0 Å². The van der Waals surface area contributed by atoms with E-state index in [9.17, 15) is 0 Å². The SMILES string of the molecule is CCCCCNCC1(C)CC1C. The molecule has 0 saturated heterocycles. The molecule has 1 aliphatic carbocycles. The summed E-state index contributed by atoms with van der Waals surface area (Å²) in [6.45, 7) is 9.45.